The van der Waals surface area contributed by atoms with Crippen molar-refractivity contribution >= 4 is 11.6 Å². The van der Waals surface area contributed by atoms with Crippen LogP contribution in [0.3, 0.4) is 0 Å². The van der Waals surface area contributed by atoms with Crippen LogP contribution in [-0.2, 0) is 0 Å². The molecule has 1 aliphatic carbocycles. The summed E-state index contributed by atoms with van der Waals surface area (Å²) in [6, 6.07) is 8.42. The normalized spacial score (nSPS) is 14.9. The van der Waals surface area contributed by atoms with E-state index in [0.717, 1.165) is 18.5 Å². The predicted molar refractivity (Wildman–Crippen MR) is 64.4 cm³/mol. The summed E-state index contributed by atoms with van der Waals surface area (Å²) in [5, 5.41) is 8.21. The van der Waals surface area contributed by atoms with E-state index in [0.29, 0.717) is 17.0 Å². The lowest BCUT2D eigenvalue weighted by molar-refractivity contribution is 0.631. The number of hydrogen-bond donors (Lipinski definition) is 0. The molecule has 0 saturated heterocycles. The molecule has 0 spiro atoms. The SMILES string of the molecule is Fc1ccccc1-c1cc(C2CC2)nnc1Cl. The zero-order valence-corrected chi connectivity index (χ0v) is 9.78. The lowest BCUT2D eigenvalue weighted by atomic mass is 10.1. The fourth-order valence-electron chi connectivity index (χ4n) is 1.84. The highest BCUT2D eigenvalue weighted by atomic mass is 35.5. The van der Waals surface area contributed by atoms with Crippen LogP contribution in [0.1, 0.15) is 24.5 Å². The van der Waals surface area contributed by atoms with Gasteiger partial charge in [-0.15, -0.1) is 5.10 Å². The van der Waals surface area contributed by atoms with E-state index in [4.69, 9.17) is 11.6 Å². The minimum Gasteiger partial charge on any atom is -0.206 e. The van der Waals surface area contributed by atoms with Gasteiger partial charge >= 0.3 is 0 Å². The molecular formula is C13H10ClFN2. The van der Waals surface area contributed by atoms with E-state index < -0.39 is 0 Å². The van der Waals surface area contributed by atoms with Crippen molar-refractivity contribution in [1.82, 2.24) is 10.2 Å². The summed E-state index contributed by atoms with van der Waals surface area (Å²) in [4.78, 5) is 0. The highest BCUT2D eigenvalue weighted by molar-refractivity contribution is 6.32. The molecule has 86 valence electrons. The summed E-state index contributed by atoms with van der Waals surface area (Å²) in [5.74, 6) is 0.189. The van der Waals surface area contributed by atoms with Crippen LogP contribution in [-0.4, -0.2) is 10.2 Å². The van der Waals surface area contributed by atoms with E-state index >= 15 is 0 Å². The van der Waals surface area contributed by atoms with Gasteiger partial charge in [0.05, 0.1) is 5.69 Å². The van der Waals surface area contributed by atoms with Gasteiger partial charge in [0.25, 0.3) is 0 Å². The first-order valence-electron chi connectivity index (χ1n) is 5.54. The average molecular weight is 249 g/mol. The maximum Gasteiger partial charge on any atom is 0.159 e. The van der Waals surface area contributed by atoms with Crippen LogP contribution in [0.15, 0.2) is 30.3 Å². The third-order valence-electron chi connectivity index (χ3n) is 2.93. The summed E-state index contributed by atoms with van der Waals surface area (Å²) in [7, 11) is 0. The third-order valence-corrected chi connectivity index (χ3v) is 3.21. The molecule has 1 fully saturated rings. The monoisotopic (exact) mass is 248 g/mol. The first kappa shape index (κ1) is 10.7. The van der Waals surface area contributed by atoms with Crippen LogP contribution in [0.2, 0.25) is 5.15 Å². The first-order chi connectivity index (χ1) is 8.25. The van der Waals surface area contributed by atoms with E-state index in [-0.39, 0.29) is 11.0 Å². The highest BCUT2D eigenvalue weighted by Crippen LogP contribution is 2.40. The fraction of sp³-hybridized carbons (Fsp3) is 0.231. The van der Waals surface area contributed by atoms with Gasteiger partial charge in [-0.25, -0.2) is 4.39 Å². The van der Waals surface area contributed by atoms with Crippen molar-refractivity contribution in [2.45, 2.75) is 18.8 Å². The van der Waals surface area contributed by atoms with Crippen LogP contribution in [0, 0.1) is 5.82 Å². The fourth-order valence-corrected chi connectivity index (χ4v) is 2.03. The zero-order chi connectivity index (χ0) is 11.8. The second-order valence-electron chi connectivity index (χ2n) is 4.23. The van der Waals surface area contributed by atoms with Crippen molar-refractivity contribution in [3.05, 3.63) is 47.0 Å². The molecule has 1 heterocycles. The Kier molecular flexibility index (Phi) is 2.56. The maximum absolute atomic E-state index is 13.7. The smallest absolute Gasteiger partial charge is 0.159 e. The van der Waals surface area contributed by atoms with Crippen LogP contribution in [0.25, 0.3) is 11.1 Å². The number of benzene rings is 1. The molecule has 0 atom stereocenters. The topological polar surface area (TPSA) is 25.8 Å². The van der Waals surface area contributed by atoms with Crippen molar-refractivity contribution in [3.63, 3.8) is 0 Å². The molecule has 1 aliphatic rings. The Morgan fingerprint density at radius 1 is 1.12 bits per heavy atom. The van der Waals surface area contributed by atoms with E-state index in [1.165, 1.54) is 6.07 Å². The molecule has 17 heavy (non-hydrogen) atoms. The quantitative estimate of drug-likeness (QED) is 0.808. The molecule has 4 heteroatoms. The Balaban J connectivity index is 2.12. The minimum atomic E-state index is -0.288. The Bertz CT molecular complexity index is 567. The van der Waals surface area contributed by atoms with E-state index in [1.54, 1.807) is 18.2 Å². The molecule has 1 aromatic heterocycles. The van der Waals surface area contributed by atoms with Gasteiger partial charge in [-0.05, 0) is 25.0 Å². The van der Waals surface area contributed by atoms with E-state index in [2.05, 4.69) is 10.2 Å². The number of rotatable bonds is 2. The summed E-state index contributed by atoms with van der Waals surface area (Å²) in [5.41, 5.74) is 2.02. The standard InChI is InChI=1S/C13H10ClFN2/c14-13-10(9-3-1-2-4-11(9)15)7-12(16-17-13)8-5-6-8/h1-4,7-8H,5-6H2. The van der Waals surface area contributed by atoms with Gasteiger partial charge in [-0.3, -0.25) is 0 Å². The van der Waals surface area contributed by atoms with Gasteiger partial charge in [0.1, 0.15) is 5.82 Å². The predicted octanol–water partition coefficient (Wildman–Crippen LogP) is 3.81. The van der Waals surface area contributed by atoms with Crippen molar-refractivity contribution in [3.8, 4) is 11.1 Å². The Morgan fingerprint density at radius 2 is 1.88 bits per heavy atom. The van der Waals surface area contributed by atoms with E-state index in [9.17, 15) is 4.39 Å². The molecule has 3 rings (SSSR count). The number of hydrogen-bond acceptors (Lipinski definition) is 2. The molecular weight excluding hydrogens is 239 g/mol. The molecule has 0 unspecified atom stereocenters. The lowest BCUT2D eigenvalue weighted by Gasteiger charge is -2.06. The average Bonchev–Trinajstić information content (AvgIpc) is 3.15. The summed E-state index contributed by atoms with van der Waals surface area (Å²) in [6.07, 6.45) is 2.26. The molecule has 1 saturated carbocycles. The van der Waals surface area contributed by atoms with Crippen LogP contribution in [0.4, 0.5) is 4.39 Å². The molecule has 1 aromatic carbocycles. The minimum absolute atomic E-state index is 0.250. The van der Waals surface area contributed by atoms with Gasteiger partial charge in [-0.2, -0.15) is 5.10 Å². The maximum atomic E-state index is 13.7. The molecule has 0 bridgehead atoms. The largest absolute Gasteiger partial charge is 0.206 e. The summed E-state index contributed by atoms with van der Waals surface area (Å²) < 4.78 is 13.7. The number of aromatic nitrogens is 2. The second-order valence-corrected chi connectivity index (χ2v) is 4.59. The van der Waals surface area contributed by atoms with Crippen LogP contribution < -0.4 is 0 Å². The van der Waals surface area contributed by atoms with Gasteiger partial charge in [0, 0.05) is 17.0 Å². The molecule has 2 aromatic rings. The molecule has 0 amide bonds. The van der Waals surface area contributed by atoms with Gasteiger partial charge < -0.3 is 0 Å². The van der Waals surface area contributed by atoms with Gasteiger partial charge in [-0.1, -0.05) is 29.8 Å². The number of halogens is 2. The van der Waals surface area contributed by atoms with Crippen molar-refractivity contribution in [2.75, 3.05) is 0 Å². The molecule has 2 nitrogen and oxygen atoms in total. The highest BCUT2D eigenvalue weighted by Gasteiger charge is 2.26. The van der Waals surface area contributed by atoms with Gasteiger partial charge in [0.15, 0.2) is 5.15 Å². The second kappa shape index (κ2) is 4.08. The Hall–Kier alpha value is -1.48. The summed E-state index contributed by atoms with van der Waals surface area (Å²) >= 11 is 5.99. The third kappa shape index (κ3) is 2.03. The lowest BCUT2D eigenvalue weighted by Crippen LogP contribution is -1.95. The van der Waals surface area contributed by atoms with Crippen molar-refractivity contribution < 1.29 is 4.39 Å². The Labute approximate surface area is 103 Å². The zero-order valence-electron chi connectivity index (χ0n) is 9.03. The van der Waals surface area contributed by atoms with Crippen LogP contribution >= 0.6 is 11.6 Å². The summed E-state index contributed by atoms with van der Waals surface area (Å²) in [6.45, 7) is 0. The van der Waals surface area contributed by atoms with Gasteiger partial charge in [0.2, 0.25) is 0 Å². The van der Waals surface area contributed by atoms with Crippen molar-refractivity contribution in [1.29, 1.82) is 0 Å². The molecule has 0 aliphatic heterocycles. The van der Waals surface area contributed by atoms with E-state index in [1.807, 2.05) is 6.07 Å². The van der Waals surface area contributed by atoms with Crippen molar-refractivity contribution in [2.24, 2.45) is 0 Å². The molecule has 0 radical (unpaired) electrons. The molecule has 0 N–H and O–H groups in total. The number of nitrogens with zero attached hydrogens (tertiary/aromatic N) is 2. The Morgan fingerprint density at radius 3 is 2.59 bits per heavy atom. The van der Waals surface area contributed by atoms with Crippen LogP contribution in [0.5, 0.6) is 0 Å². The first-order valence-corrected chi connectivity index (χ1v) is 5.91.